The van der Waals surface area contributed by atoms with Gasteiger partial charge in [-0.1, -0.05) is 18.6 Å². The van der Waals surface area contributed by atoms with Crippen LogP contribution in [0.2, 0.25) is 0 Å². The Balaban J connectivity index is 1.46. The van der Waals surface area contributed by atoms with Crippen molar-refractivity contribution in [3.63, 3.8) is 0 Å². The molecule has 128 valence electrons. The molecule has 0 unspecified atom stereocenters. The number of para-hydroxylation sites is 1. The predicted molar refractivity (Wildman–Crippen MR) is 89.6 cm³/mol. The van der Waals surface area contributed by atoms with E-state index in [1.165, 1.54) is 26.2 Å². The number of hydrogen-bond acceptors (Lipinski definition) is 4. The van der Waals surface area contributed by atoms with Crippen molar-refractivity contribution in [2.45, 2.75) is 39.0 Å². The first kappa shape index (κ1) is 16.7. The van der Waals surface area contributed by atoms with Gasteiger partial charge in [0.2, 0.25) is 0 Å². The van der Waals surface area contributed by atoms with Crippen molar-refractivity contribution in [2.24, 2.45) is 17.8 Å². The third-order valence-electron chi connectivity index (χ3n) is 5.26. The molecular formula is C19H23NO4. The number of fused-ring (bicyclic) bond motifs is 2. The van der Waals surface area contributed by atoms with Crippen LogP contribution in [0.25, 0.3) is 0 Å². The Morgan fingerprint density at radius 3 is 2.62 bits per heavy atom. The Morgan fingerprint density at radius 2 is 1.96 bits per heavy atom. The van der Waals surface area contributed by atoms with Gasteiger partial charge in [-0.3, -0.25) is 14.4 Å². The van der Waals surface area contributed by atoms with Gasteiger partial charge >= 0.3 is 5.97 Å². The number of carbonyl (C=O) groups excluding carboxylic acids is 3. The second-order valence-corrected chi connectivity index (χ2v) is 6.95. The number of hydrogen-bond donors (Lipinski definition) is 1. The molecule has 5 nitrogen and oxygen atoms in total. The van der Waals surface area contributed by atoms with E-state index in [0.29, 0.717) is 29.5 Å². The van der Waals surface area contributed by atoms with Crippen LogP contribution < -0.4 is 5.32 Å². The summed E-state index contributed by atoms with van der Waals surface area (Å²) in [5.74, 6) is 1.03. The molecule has 1 aromatic rings. The first-order valence-corrected chi connectivity index (χ1v) is 8.58. The minimum Gasteiger partial charge on any atom is -0.456 e. The molecule has 2 aliphatic carbocycles. The van der Waals surface area contributed by atoms with Crippen LogP contribution in [0, 0.1) is 17.8 Å². The van der Waals surface area contributed by atoms with Crippen LogP contribution in [0.5, 0.6) is 0 Å². The Labute approximate surface area is 141 Å². The summed E-state index contributed by atoms with van der Waals surface area (Å²) in [4.78, 5) is 35.4. The fourth-order valence-electron chi connectivity index (χ4n) is 4.13. The van der Waals surface area contributed by atoms with Gasteiger partial charge in [0.15, 0.2) is 12.4 Å². The summed E-state index contributed by atoms with van der Waals surface area (Å²) in [6.07, 6.45) is 5.32. The Bertz CT molecular complexity index is 655. The minimum absolute atomic E-state index is 0.126. The maximum absolute atomic E-state index is 12.0. The topological polar surface area (TPSA) is 72.5 Å². The lowest BCUT2D eigenvalue weighted by Gasteiger charge is -2.20. The number of carbonyl (C=O) groups is 3. The molecule has 24 heavy (non-hydrogen) atoms. The monoisotopic (exact) mass is 329 g/mol. The van der Waals surface area contributed by atoms with E-state index < -0.39 is 5.91 Å². The Morgan fingerprint density at radius 1 is 1.17 bits per heavy atom. The number of ketones is 1. The number of rotatable bonds is 6. The van der Waals surface area contributed by atoms with Gasteiger partial charge in [0.1, 0.15) is 0 Å². The summed E-state index contributed by atoms with van der Waals surface area (Å²) >= 11 is 0. The molecule has 1 N–H and O–H groups in total. The van der Waals surface area contributed by atoms with Crippen molar-refractivity contribution in [3.05, 3.63) is 29.8 Å². The minimum atomic E-state index is -0.426. The molecule has 0 aliphatic heterocycles. The van der Waals surface area contributed by atoms with Crippen LogP contribution >= 0.6 is 0 Å². The summed E-state index contributed by atoms with van der Waals surface area (Å²) in [5.41, 5.74) is 0.887. The SMILES string of the molecule is CC(=O)c1ccccc1NC(=O)COC(=O)C[C@H]1C[C@@H]2CC[C@@H]1C2. The van der Waals surface area contributed by atoms with Crippen molar-refractivity contribution in [3.8, 4) is 0 Å². The molecule has 2 fully saturated rings. The first-order chi connectivity index (χ1) is 11.5. The fourth-order valence-corrected chi connectivity index (χ4v) is 4.13. The van der Waals surface area contributed by atoms with Crippen molar-refractivity contribution in [2.75, 3.05) is 11.9 Å². The molecule has 0 saturated heterocycles. The van der Waals surface area contributed by atoms with Gasteiger partial charge in [0, 0.05) is 12.0 Å². The smallest absolute Gasteiger partial charge is 0.306 e. The first-order valence-electron chi connectivity index (χ1n) is 8.58. The fraction of sp³-hybridized carbons (Fsp3) is 0.526. The highest BCUT2D eigenvalue weighted by Gasteiger charge is 2.40. The summed E-state index contributed by atoms with van der Waals surface area (Å²) in [6, 6.07) is 6.79. The number of ether oxygens (including phenoxy) is 1. The van der Waals surface area contributed by atoms with Crippen LogP contribution in [0.3, 0.4) is 0 Å². The van der Waals surface area contributed by atoms with Crippen molar-refractivity contribution >= 4 is 23.3 Å². The maximum atomic E-state index is 12.0. The van der Waals surface area contributed by atoms with Gasteiger partial charge in [0.25, 0.3) is 5.91 Å². The standard InChI is InChI=1S/C19H23NO4/c1-12(21)16-4-2-3-5-17(16)20-18(22)11-24-19(23)10-15-9-13-6-7-14(15)8-13/h2-5,13-15H,6-11H2,1H3,(H,20,22)/t13-,14-,15-/m1/s1. The third-order valence-corrected chi connectivity index (χ3v) is 5.26. The molecule has 5 heteroatoms. The molecular weight excluding hydrogens is 306 g/mol. The van der Waals surface area contributed by atoms with E-state index in [1.54, 1.807) is 24.3 Å². The Kier molecular flexibility index (Phi) is 4.97. The molecule has 0 aromatic heterocycles. The second kappa shape index (κ2) is 7.16. The van der Waals surface area contributed by atoms with E-state index in [0.717, 1.165) is 12.3 Å². The molecule has 0 spiro atoms. The summed E-state index contributed by atoms with van der Waals surface area (Å²) in [5, 5.41) is 2.63. The van der Waals surface area contributed by atoms with Gasteiger partial charge in [-0.15, -0.1) is 0 Å². The zero-order valence-electron chi connectivity index (χ0n) is 13.9. The molecule has 2 bridgehead atoms. The number of benzene rings is 1. The average Bonchev–Trinajstić information content (AvgIpc) is 3.16. The van der Waals surface area contributed by atoms with Crippen LogP contribution in [0.4, 0.5) is 5.69 Å². The van der Waals surface area contributed by atoms with E-state index in [2.05, 4.69) is 5.32 Å². The second-order valence-electron chi connectivity index (χ2n) is 6.95. The lowest BCUT2D eigenvalue weighted by Crippen LogP contribution is -2.23. The van der Waals surface area contributed by atoms with Gasteiger partial charge in [0.05, 0.1) is 5.69 Å². The largest absolute Gasteiger partial charge is 0.456 e. The van der Waals surface area contributed by atoms with Gasteiger partial charge in [-0.05, 0) is 56.1 Å². The normalized spacial score (nSPS) is 24.6. The molecule has 0 radical (unpaired) electrons. The number of Topliss-reactive ketones (excluding diaryl/α,β-unsaturated/α-hetero) is 1. The molecule has 2 aliphatic rings. The lowest BCUT2D eigenvalue weighted by molar-refractivity contribution is -0.148. The van der Waals surface area contributed by atoms with Crippen LogP contribution in [-0.4, -0.2) is 24.3 Å². The van der Waals surface area contributed by atoms with E-state index in [4.69, 9.17) is 4.74 Å². The number of esters is 1. The van der Waals surface area contributed by atoms with E-state index in [1.807, 2.05) is 0 Å². The summed E-state index contributed by atoms with van der Waals surface area (Å²) in [7, 11) is 0. The average molecular weight is 329 g/mol. The van der Waals surface area contributed by atoms with Crippen LogP contribution in [-0.2, 0) is 14.3 Å². The highest BCUT2D eigenvalue weighted by atomic mass is 16.5. The molecule has 3 atom stereocenters. The zero-order valence-corrected chi connectivity index (χ0v) is 13.9. The van der Waals surface area contributed by atoms with Gasteiger partial charge in [-0.25, -0.2) is 0 Å². The summed E-state index contributed by atoms with van der Waals surface area (Å²) in [6.45, 7) is 1.13. The number of amides is 1. The van der Waals surface area contributed by atoms with E-state index in [-0.39, 0.29) is 18.4 Å². The van der Waals surface area contributed by atoms with Crippen molar-refractivity contribution in [1.29, 1.82) is 0 Å². The summed E-state index contributed by atoms with van der Waals surface area (Å²) < 4.78 is 5.11. The highest BCUT2D eigenvalue weighted by Crippen LogP contribution is 2.49. The lowest BCUT2D eigenvalue weighted by atomic mass is 9.86. The quantitative estimate of drug-likeness (QED) is 0.642. The van der Waals surface area contributed by atoms with E-state index in [9.17, 15) is 14.4 Å². The molecule has 1 aromatic carbocycles. The maximum Gasteiger partial charge on any atom is 0.306 e. The van der Waals surface area contributed by atoms with Crippen LogP contribution in [0.15, 0.2) is 24.3 Å². The zero-order chi connectivity index (χ0) is 17.1. The molecule has 1 amide bonds. The number of anilines is 1. The number of nitrogens with one attached hydrogen (secondary N) is 1. The molecule has 2 saturated carbocycles. The van der Waals surface area contributed by atoms with Crippen LogP contribution in [0.1, 0.15) is 49.4 Å². The highest BCUT2D eigenvalue weighted by molar-refractivity contribution is 6.04. The van der Waals surface area contributed by atoms with E-state index >= 15 is 0 Å². The molecule has 0 heterocycles. The molecule has 3 rings (SSSR count). The predicted octanol–water partition coefficient (Wildman–Crippen LogP) is 3.20. The third kappa shape index (κ3) is 3.83. The van der Waals surface area contributed by atoms with Gasteiger partial charge in [-0.2, -0.15) is 0 Å². The van der Waals surface area contributed by atoms with Gasteiger partial charge < -0.3 is 10.1 Å². The van der Waals surface area contributed by atoms with Crippen molar-refractivity contribution < 1.29 is 19.1 Å². The Hall–Kier alpha value is -2.17. The van der Waals surface area contributed by atoms with Crippen molar-refractivity contribution in [1.82, 2.24) is 0 Å².